The Morgan fingerprint density at radius 1 is 1.26 bits per heavy atom. The van der Waals surface area contributed by atoms with Gasteiger partial charge in [0, 0.05) is 17.0 Å². The molecule has 1 saturated carbocycles. The number of aromatic nitrogens is 1. The second-order valence-corrected chi connectivity index (χ2v) is 5.61. The second-order valence-electron chi connectivity index (χ2n) is 5.20. The molecule has 100 valence electrons. The Kier molecular flexibility index (Phi) is 3.47. The van der Waals surface area contributed by atoms with Gasteiger partial charge in [-0.1, -0.05) is 60.6 Å². The largest absolute Gasteiger partial charge is 0.380 e. The van der Waals surface area contributed by atoms with Crippen molar-refractivity contribution < 1.29 is 4.52 Å². The Morgan fingerprint density at radius 3 is 2.74 bits per heavy atom. The zero-order chi connectivity index (χ0) is 13.2. The number of rotatable bonds is 3. The number of benzene rings is 1. The molecule has 3 rings (SSSR count). The van der Waals surface area contributed by atoms with Crippen LogP contribution in [0.1, 0.15) is 31.4 Å². The third-order valence-electron chi connectivity index (χ3n) is 3.88. The van der Waals surface area contributed by atoms with Crippen LogP contribution >= 0.6 is 11.6 Å². The minimum absolute atomic E-state index is 0.432. The monoisotopic (exact) mass is 276 g/mol. The quantitative estimate of drug-likeness (QED) is 0.909. The molecule has 2 aromatic rings. The number of anilines is 1. The van der Waals surface area contributed by atoms with Gasteiger partial charge in [0.2, 0.25) is 0 Å². The summed E-state index contributed by atoms with van der Waals surface area (Å²) >= 11 is 6.25. The van der Waals surface area contributed by atoms with E-state index in [1.54, 1.807) is 0 Å². The SMILES string of the molecule is Nc1noc(CC2CCCC2)c1-c1ccccc1Cl. The van der Waals surface area contributed by atoms with E-state index in [-0.39, 0.29) is 0 Å². The zero-order valence-electron chi connectivity index (χ0n) is 10.7. The molecule has 1 aromatic carbocycles. The van der Waals surface area contributed by atoms with Crippen molar-refractivity contribution in [3.05, 3.63) is 35.0 Å². The highest BCUT2D eigenvalue weighted by atomic mass is 35.5. The number of nitrogens with zero attached hydrogens (tertiary/aromatic N) is 1. The molecule has 1 aliphatic rings. The summed E-state index contributed by atoms with van der Waals surface area (Å²) in [5.41, 5.74) is 7.74. The molecule has 3 nitrogen and oxygen atoms in total. The van der Waals surface area contributed by atoms with Crippen LogP contribution in [0, 0.1) is 5.92 Å². The molecular formula is C15H17ClN2O. The van der Waals surface area contributed by atoms with Gasteiger partial charge < -0.3 is 10.3 Å². The molecule has 1 aliphatic carbocycles. The maximum Gasteiger partial charge on any atom is 0.175 e. The maximum absolute atomic E-state index is 6.25. The molecule has 0 bridgehead atoms. The summed E-state index contributed by atoms with van der Waals surface area (Å²) in [6, 6.07) is 7.69. The average Bonchev–Trinajstić information content (AvgIpc) is 3.02. The minimum Gasteiger partial charge on any atom is -0.380 e. The van der Waals surface area contributed by atoms with E-state index in [0.29, 0.717) is 16.8 Å². The Balaban J connectivity index is 1.96. The van der Waals surface area contributed by atoms with Crippen molar-refractivity contribution in [2.24, 2.45) is 5.92 Å². The summed E-state index contributed by atoms with van der Waals surface area (Å²) in [6.07, 6.45) is 6.07. The maximum atomic E-state index is 6.25. The number of nitrogens with two attached hydrogens (primary N) is 1. The van der Waals surface area contributed by atoms with Gasteiger partial charge in [-0.25, -0.2) is 0 Å². The normalized spacial score (nSPS) is 16.1. The zero-order valence-corrected chi connectivity index (χ0v) is 11.5. The van der Waals surface area contributed by atoms with Crippen molar-refractivity contribution in [1.82, 2.24) is 5.16 Å². The topological polar surface area (TPSA) is 52.0 Å². The van der Waals surface area contributed by atoms with E-state index in [0.717, 1.165) is 23.3 Å². The van der Waals surface area contributed by atoms with E-state index in [2.05, 4.69) is 5.16 Å². The highest BCUT2D eigenvalue weighted by molar-refractivity contribution is 6.33. The predicted octanol–water partition coefficient (Wildman–Crippen LogP) is 4.31. The number of hydrogen-bond acceptors (Lipinski definition) is 3. The van der Waals surface area contributed by atoms with Crippen LogP contribution in [0.15, 0.2) is 28.8 Å². The van der Waals surface area contributed by atoms with Crippen LogP contribution in [0.3, 0.4) is 0 Å². The molecule has 0 saturated heterocycles. The summed E-state index contributed by atoms with van der Waals surface area (Å²) in [6.45, 7) is 0. The predicted molar refractivity (Wildman–Crippen MR) is 77.0 cm³/mol. The smallest absolute Gasteiger partial charge is 0.175 e. The summed E-state index contributed by atoms with van der Waals surface area (Å²) in [7, 11) is 0. The first-order valence-corrected chi connectivity index (χ1v) is 7.12. The fraction of sp³-hybridized carbons (Fsp3) is 0.400. The van der Waals surface area contributed by atoms with Gasteiger partial charge in [0.05, 0.1) is 5.56 Å². The van der Waals surface area contributed by atoms with Gasteiger partial charge in [-0.05, 0) is 12.0 Å². The van der Waals surface area contributed by atoms with Crippen molar-refractivity contribution in [3.8, 4) is 11.1 Å². The number of nitrogen functional groups attached to an aromatic ring is 1. The van der Waals surface area contributed by atoms with Gasteiger partial charge in [-0.2, -0.15) is 0 Å². The Bertz CT molecular complexity index is 573. The van der Waals surface area contributed by atoms with Gasteiger partial charge in [0.25, 0.3) is 0 Å². The lowest BCUT2D eigenvalue weighted by molar-refractivity contribution is 0.362. The third kappa shape index (κ3) is 2.47. The Hall–Kier alpha value is -1.48. The first-order chi connectivity index (χ1) is 9.25. The molecule has 0 spiro atoms. The van der Waals surface area contributed by atoms with E-state index in [4.69, 9.17) is 21.9 Å². The highest BCUT2D eigenvalue weighted by Crippen LogP contribution is 2.37. The van der Waals surface area contributed by atoms with Crippen LogP contribution in [0.5, 0.6) is 0 Å². The van der Waals surface area contributed by atoms with Crippen LogP contribution in [0.25, 0.3) is 11.1 Å². The molecule has 1 heterocycles. The first kappa shape index (κ1) is 12.5. The lowest BCUT2D eigenvalue weighted by Gasteiger charge is -2.08. The van der Waals surface area contributed by atoms with Crippen LogP contribution in [0.4, 0.5) is 5.82 Å². The van der Waals surface area contributed by atoms with Gasteiger partial charge in [-0.15, -0.1) is 0 Å². The van der Waals surface area contributed by atoms with Crippen molar-refractivity contribution in [3.63, 3.8) is 0 Å². The van der Waals surface area contributed by atoms with Crippen molar-refractivity contribution >= 4 is 17.4 Å². The highest BCUT2D eigenvalue weighted by Gasteiger charge is 2.23. The Morgan fingerprint density at radius 2 is 2.00 bits per heavy atom. The summed E-state index contributed by atoms with van der Waals surface area (Å²) in [5, 5.41) is 4.61. The van der Waals surface area contributed by atoms with Crippen molar-refractivity contribution in [2.75, 3.05) is 5.73 Å². The van der Waals surface area contributed by atoms with Crippen LogP contribution in [0.2, 0.25) is 5.02 Å². The van der Waals surface area contributed by atoms with E-state index in [1.165, 1.54) is 25.7 Å². The van der Waals surface area contributed by atoms with Crippen LogP contribution in [-0.2, 0) is 6.42 Å². The molecule has 19 heavy (non-hydrogen) atoms. The molecule has 2 N–H and O–H groups in total. The summed E-state index contributed by atoms with van der Waals surface area (Å²) < 4.78 is 5.43. The second kappa shape index (κ2) is 5.25. The van der Waals surface area contributed by atoms with Crippen molar-refractivity contribution in [2.45, 2.75) is 32.1 Å². The van der Waals surface area contributed by atoms with Gasteiger partial charge in [0.15, 0.2) is 5.82 Å². The molecule has 4 heteroatoms. The molecule has 0 atom stereocenters. The lowest BCUT2D eigenvalue weighted by atomic mass is 9.97. The van der Waals surface area contributed by atoms with E-state index in [9.17, 15) is 0 Å². The minimum atomic E-state index is 0.432. The molecule has 1 aromatic heterocycles. The molecule has 0 unspecified atom stereocenters. The molecular weight excluding hydrogens is 260 g/mol. The number of halogens is 1. The average molecular weight is 277 g/mol. The fourth-order valence-corrected chi connectivity index (χ4v) is 3.14. The molecule has 0 radical (unpaired) electrons. The Labute approximate surface area is 117 Å². The van der Waals surface area contributed by atoms with Crippen LogP contribution < -0.4 is 5.73 Å². The molecule has 1 fully saturated rings. The van der Waals surface area contributed by atoms with Gasteiger partial charge in [-0.3, -0.25) is 0 Å². The molecule has 0 amide bonds. The van der Waals surface area contributed by atoms with Crippen molar-refractivity contribution in [1.29, 1.82) is 0 Å². The van der Waals surface area contributed by atoms with E-state index >= 15 is 0 Å². The summed E-state index contributed by atoms with van der Waals surface area (Å²) in [4.78, 5) is 0. The fourth-order valence-electron chi connectivity index (χ4n) is 2.91. The molecule has 0 aliphatic heterocycles. The first-order valence-electron chi connectivity index (χ1n) is 6.74. The van der Waals surface area contributed by atoms with E-state index in [1.807, 2.05) is 24.3 Å². The number of hydrogen-bond donors (Lipinski definition) is 1. The van der Waals surface area contributed by atoms with Gasteiger partial charge >= 0.3 is 0 Å². The lowest BCUT2D eigenvalue weighted by Crippen LogP contribution is -1.99. The third-order valence-corrected chi connectivity index (χ3v) is 4.21. The van der Waals surface area contributed by atoms with Gasteiger partial charge in [0.1, 0.15) is 5.76 Å². The van der Waals surface area contributed by atoms with Crippen LogP contribution in [-0.4, -0.2) is 5.16 Å². The van der Waals surface area contributed by atoms with E-state index < -0.39 is 0 Å². The standard InChI is InChI=1S/C15H17ClN2O/c16-12-8-4-3-7-11(12)14-13(19-18-15(14)17)9-10-5-1-2-6-10/h3-4,7-8,10H,1-2,5-6,9H2,(H2,17,18). The summed E-state index contributed by atoms with van der Waals surface area (Å²) in [5.74, 6) is 1.99.